The lowest BCUT2D eigenvalue weighted by molar-refractivity contribution is 0.391. The van der Waals surface area contributed by atoms with Gasteiger partial charge in [-0.25, -0.2) is 0 Å². The van der Waals surface area contributed by atoms with Crippen LogP contribution >= 0.6 is 27.7 Å². The molecule has 0 saturated carbocycles. The Morgan fingerprint density at radius 3 is 2.76 bits per heavy atom. The summed E-state index contributed by atoms with van der Waals surface area (Å²) in [7, 11) is 0. The lowest BCUT2D eigenvalue weighted by atomic mass is 10.2. The second-order valence-corrected chi connectivity index (χ2v) is 6.76. The monoisotopic (exact) mass is 415 g/mol. The lowest BCUT2D eigenvalue weighted by Gasteiger charge is -1.94. The summed E-state index contributed by atoms with van der Waals surface area (Å²) in [6.45, 7) is 0. The molecule has 3 heterocycles. The second kappa shape index (κ2) is 7.16. The van der Waals surface area contributed by atoms with Gasteiger partial charge in [-0.1, -0.05) is 45.0 Å². The fourth-order valence-corrected chi connectivity index (χ4v) is 3.06. The minimum Gasteiger partial charge on any atom is -0.411 e. The Labute approximate surface area is 155 Å². The molecular weight excluding hydrogens is 406 g/mol. The Bertz CT molecular complexity index is 989. The average Bonchev–Trinajstić information content (AvgIpc) is 3.30. The van der Waals surface area contributed by atoms with E-state index in [9.17, 15) is 0 Å². The molecule has 25 heavy (non-hydrogen) atoms. The van der Waals surface area contributed by atoms with E-state index in [0.29, 0.717) is 28.6 Å². The van der Waals surface area contributed by atoms with Crippen molar-refractivity contribution in [2.45, 2.75) is 11.0 Å². The third-order valence-electron chi connectivity index (χ3n) is 3.20. The third kappa shape index (κ3) is 3.77. The number of nitrogens with zero attached hydrogens (tertiary/aromatic N) is 5. The zero-order valence-corrected chi connectivity index (χ0v) is 15.1. The molecule has 0 aliphatic carbocycles. The quantitative estimate of drug-likeness (QED) is 0.447. The third-order valence-corrected chi connectivity index (χ3v) is 4.50. The highest BCUT2D eigenvalue weighted by atomic mass is 79.9. The molecule has 0 saturated heterocycles. The van der Waals surface area contributed by atoms with Crippen molar-refractivity contribution >= 4 is 27.7 Å². The van der Waals surface area contributed by atoms with Gasteiger partial charge < -0.3 is 8.94 Å². The molecule has 0 radical (unpaired) electrons. The van der Waals surface area contributed by atoms with Gasteiger partial charge in [0.05, 0.1) is 5.75 Å². The van der Waals surface area contributed by atoms with Gasteiger partial charge in [-0.05, 0) is 24.3 Å². The van der Waals surface area contributed by atoms with Crippen LogP contribution in [0, 0.1) is 0 Å². The summed E-state index contributed by atoms with van der Waals surface area (Å²) in [5, 5.41) is 12.5. The van der Waals surface area contributed by atoms with Crippen LogP contribution in [0.5, 0.6) is 0 Å². The highest BCUT2D eigenvalue weighted by Gasteiger charge is 2.13. The van der Waals surface area contributed by atoms with E-state index in [0.717, 1.165) is 15.6 Å². The lowest BCUT2D eigenvalue weighted by Crippen LogP contribution is -1.83. The summed E-state index contributed by atoms with van der Waals surface area (Å²) in [5.41, 5.74) is 1.70. The molecular formula is C16H10BrN5O2S. The largest absolute Gasteiger partial charge is 0.411 e. The predicted molar refractivity (Wildman–Crippen MR) is 94.5 cm³/mol. The Morgan fingerprint density at radius 2 is 1.92 bits per heavy atom. The molecule has 0 aliphatic rings. The maximum atomic E-state index is 5.62. The zero-order valence-electron chi connectivity index (χ0n) is 12.7. The van der Waals surface area contributed by atoms with Crippen LogP contribution in [-0.4, -0.2) is 25.3 Å². The number of halogens is 1. The summed E-state index contributed by atoms with van der Waals surface area (Å²) in [4.78, 5) is 8.34. The average molecular weight is 416 g/mol. The van der Waals surface area contributed by atoms with E-state index in [1.807, 2.05) is 36.4 Å². The molecule has 0 fully saturated rings. The van der Waals surface area contributed by atoms with Crippen LogP contribution in [-0.2, 0) is 5.75 Å². The van der Waals surface area contributed by atoms with E-state index < -0.39 is 0 Å². The number of hydrogen-bond acceptors (Lipinski definition) is 8. The molecule has 0 atom stereocenters. The van der Waals surface area contributed by atoms with E-state index in [-0.39, 0.29) is 0 Å². The van der Waals surface area contributed by atoms with Gasteiger partial charge in [-0.3, -0.25) is 4.98 Å². The number of pyridine rings is 1. The van der Waals surface area contributed by atoms with E-state index in [1.165, 1.54) is 11.8 Å². The Kier molecular flexibility index (Phi) is 4.57. The van der Waals surface area contributed by atoms with E-state index in [4.69, 9.17) is 8.94 Å². The molecule has 0 aliphatic heterocycles. The van der Waals surface area contributed by atoms with Crippen LogP contribution in [0.15, 0.2) is 67.4 Å². The molecule has 0 bridgehead atoms. The van der Waals surface area contributed by atoms with Crippen molar-refractivity contribution in [2.75, 3.05) is 0 Å². The standard InChI is InChI=1S/C16H10BrN5O2S/c17-12-3-1-2-11(8-12)14-19-13(24-22-14)9-25-16-21-20-15(23-16)10-4-6-18-7-5-10/h1-8H,9H2. The van der Waals surface area contributed by atoms with Gasteiger partial charge in [-0.15, -0.1) is 10.2 Å². The minimum absolute atomic E-state index is 0.439. The van der Waals surface area contributed by atoms with Gasteiger partial charge in [0.25, 0.3) is 5.22 Å². The SMILES string of the molecule is Brc1cccc(-c2noc(CSc3nnc(-c4ccncc4)o3)n2)c1. The van der Waals surface area contributed by atoms with Gasteiger partial charge in [-0.2, -0.15) is 4.98 Å². The van der Waals surface area contributed by atoms with Crippen LogP contribution < -0.4 is 0 Å². The number of thioether (sulfide) groups is 1. The van der Waals surface area contributed by atoms with Gasteiger partial charge in [0, 0.05) is 28.0 Å². The van der Waals surface area contributed by atoms with E-state index >= 15 is 0 Å². The molecule has 3 aromatic heterocycles. The van der Waals surface area contributed by atoms with Crippen molar-refractivity contribution < 1.29 is 8.94 Å². The Morgan fingerprint density at radius 1 is 1.04 bits per heavy atom. The van der Waals surface area contributed by atoms with E-state index in [2.05, 4.69) is 41.3 Å². The summed E-state index contributed by atoms with van der Waals surface area (Å²) in [5.74, 6) is 1.92. The van der Waals surface area contributed by atoms with Crippen molar-refractivity contribution in [1.82, 2.24) is 25.3 Å². The molecule has 0 amide bonds. The molecule has 0 unspecified atom stereocenters. The topological polar surface area (TPSA) is 90.7 Å². The Hall–Kier alpha value is -2.52. The van der Waals surface area contributed by atoms with Crippen molar-refractivity contribution in [3.05, 3.63) is 59.2 Å². The zero-order chi connectivity index (χ0) is 17.1. The summed E-state index contributed by atoms with van der Waals surface area (Å²) < 4.78 is 11.9. The van der Waals surface area contributed by atoms with Crippen LogP contribution in [0.2, 0.25) is 0 Å². The number of aromatic nitrogens is 5. The summed E-state index contributed by atoms with van der Waals surface area (Å²) in [6, 6.07) is 11.3. The smallest absolute Gasteiger partial charge is 0.277 e. The molecule has 1 aromatic carbocycles. The second-order valence-electron chi connectivity index (χ2n) is 4.92. The number of rotatable bonds is 5. The van der Waals surface area contributed by atoms with Crippen molar-refractivity contribution in [3.63, 3.8) is 0 Å². The molecule has 124 valence electrons. The van der Waals surface area contributed by atoms with Gasteiger partial charge in [0.1, 0.15) is 0 Å². The first kappa shape index (κ1) is 16.0. The van der Waals surface area contributed by atoms with Crippen LogP contribution in [0.25, 0.3) is 22.8 Å². The molecule has 4 aromatic rings. The van der Waals surface area contributed by atoms with Gasteiger partial charge in [0.2, 0.25) is 17.6 Å². The number of hydrogen-bond donors (Lipinski definition) is 0. The van der Waals surface area contributed by atoms with Crippen molar-refractivity contribution in [1.29, 1.82) is 0 Å². The molecule has 9 heteroatoms. The van der Waals surface area contributed by atoms with Gasteiger partial charge >= 0.3 is 0 Å². The first-order chi connectivity index (χ1) is 12.3. The predicted octanol–water partition coefficient (Wildman–Crippen LogP) is 4.24. The maximum Gasteiger partial charge on any atom is 0.277 e. The summed E-state index contributed by atoms with van der Waals surface area (Å²) in [6.07, 6.45) is 3.35. The summed E-state index contributed by atoms with van der Waals surface area (Å²) >= 11 is 4.77. The Balaban J connectivity index is 1.43. The fourth-order valence-electron chi connectivity index (χ4n) is 2.06. The highest BCUT2D eigenvalue weighted by molar-refractivity contribution is 9.10. The van der Waals surface area contributed by atoms with Crippen LogP contribution in [0.1, 0.15) is 5.89 Å². The number of benzene rings is 1. The van der Waals surface area contributed by atoms with Crippen LogP contribution in [0.4, 0.5) is 0 Å². The minimum atomic E-state index is 0.439. The first-order valence-electron chi connectivity index (χ1n) is 7.23. The molecule has 7 nitrogen and oxygen atoms in total. The van der Waals surface area contributed by atoms with Gasteiger partial charge in [0.15, 0.2) is 0 Å². The first-order valence-corrected chi connectivity index (χ1v) is 9.01. The highest BCUT2D eigenvalue weighted by Crippen LogP contribution is 2.26. The van der Waals surface area contributed by atoms with E-state index in [1.54, 1.807) is 12.4 Å². The maximum absolute atomic E-state index is 5.62. The fraction of sp³-hybridized carbons (Fsp3) is 0.0625. The molecule has 0 spiro atoms. The van der Waals surface area contributed by atoms with Crippen LogP contribution in [0.3, 0.4) is 0 Å². The molecule has 4 rings (SSSR count). The van der Waals surface area contributed by atoms with Crippen molar-refractivity contribution in [3.8, 4) is 22.8 Å². The molecule has 0 N–H and O–H groups in total. The van der Waals surface area contributed by atoms with Crippen molar-refractivity contribution in [2.24, 2.45) is 0 Å². The normalized spacial score (nSPS) is 10.9.